The monoisotopic (exact) mass is 413 g/mol. The average molecular weight is 414 g/mol. The van der Waals surface area contributed by atoms with Crippen LogP contribution in [0.1, 0.15) is 39.2 Å². The minimum absolute atomic E-state index is 0.337. The number of rotatable bonds is 4. The summed E-state index contributed by atoms with van der Waals surface area (Å²) in [5.41, 5.74) is 1.14. The Morgan fingerprint density at radius 2 is 1.73 bits per heavy atom. The van der Waals surface area contributed by atoms with E-state index >= 15 is 0 Å². The fourth-order valence-electron chi connectivity index (χ4n) is 3.68. The molecule has 6 nitrogen and oxygen atoms in total. The van der Waals surface area contributed by atoms with Crippen LogP contribution in [0.3, 0.4) is 0 Å². The maximum atomic E-state index is 12.3. The quantitative estimate of drug-likeness (QED) is 0.794. The molecule has 0 aliphatic carbocycles. The van der Waals surface area contributed by atoms with E-state index in [0.717, 1.165) is 22.4 Å². The van der Waals surface area contributed by atoms with Crippen LogP contribution in [0.5, 0.6) is 11.5 Å². The molecule has 0 unspecified atom stereocenters. The first kappa shape index (κ1) is 22.0. The number of ether oxygens (including phenoxy) is 3. The van der Waals surface area contributed by atoms with Gasteiger partial charge in [-0.3, -0.25) is 0 Å². The third-order valence-electron chi connectivity index (χ3n) is 5.36. The summed E-state index contributed by atoms with van der Waals surface area (Å²) in [5, 5.41) is 11.3. The molecule has 1 aliphatic rings. The van der Waals surface area contributed by atoms with Gasteiger partial charge in [-0.1, -0.05) is 24.3 Å². The van der Waals surface area contributed by atoms with Crippen LogP contribution in [-0.2, 0) is 10.3 Å². The zero-order chi connectivity index (χ0) is 21.9. The van der Waals surface area contributed by atoms with Crippen molar-refractivity contribution in [2.24, 2.45) is 0 Å². The van der Waals surface area contributed by atoms with E-state index in [2.05, 4.69) is 0 Å². The molecular weight excluding hydrogens is 382 g/mol. The van der Waals surface area contributed by atoms with E-state index in [1.807, 2.05) is 63.2 Å². The van der Waals surface area contributed by atoms with Crippen LogP contribution >= 0.6 is 0 Å². The van der Waals surface area contributed by atoms with Crippen molar-refractivity contribution in [2.45, 2.75) is 44.8 Å². The van der Waals surface area contributed by atoms with Gasteiger partial charge in [0, 0.05) is 18.7 Å². The van der Waals surface area contributed by atoms with Crippen LogP contribution in [0.25, 0.3) is 11.1 Å². The summed E-state index contributed by atoms with van der Waals surface area (Å²) in [5.74, 6) is 1.45. The van der Waals surface area contributed by atoms with Gasteiger partial charge in [-0.25, -0.2) is 4.79 Å². The minimum Gasteiger partial charge on any atom is -0.497 e. The number of carbonyl (C=O) groups excluding carboxylic acids is 1. The van der Waals surface area contributed by atoms with Crippen molar-refractivity contribution in [1.29, 1.82) is 0 Å². The smallest absolute Gasteiger partial charge is 0.410 e. The summed E-state index contributed by atoms with van der Waals surface area (Å²) >= 11 is 0. The van der Waals surface area contributed by atoms with Gasteiger partial charge in [-0.2, -0.15) is 0 Å². The maximum absolute atomic E-state index is 12.3. The fraction of sp³-hybridized carbons (Fsp3) is 0.458. The average Bonchev–Trinajstić information content (AvgIpc) is 2.72. The molecule has 1 amide bonds. The Hall–Kier alpha value is -2.73. The number of piperidine rings is 1. The van der Waals surface area contributed by atoms with Crippen LogP contribution in [0.15, 0.2) is 42.5 Å². The summed E-state index contributed by atoms with van der Waals surface area (Å²) in [4.78, 5) is 14.0. The maximum Gasteiger partial charge on any atom is 0.410 e. The number of amides is 1. The van der Waals surface area contributed by atoms with Gasteiger partial charge in [0.1, 0.15) is 17.1 Å². The highest BCUT2D eigenvalue weighted by molar-refractivity contribution is 5.72. The number of likely N-dealkylation sites (tertiary alicyclic amines) is 1. The summed E-state index contributed by atoms with van der Waals surface area (Å²) in [6, 6.07) is 13.5. The van der Waals surface area contributed by atoms with Crippen molar-refractivity contribution >= 4 is 6.09 Å². The van der Waals surface area contributed by atoms with E-state index < -0.39 is 11.2 Å². The Morgan fingerprint density at radius 3 is 2.33 bits per heavy atom. The van der Waals surface area contributed by atoms with Crippen LogP contribution in [0.4, 0.5) is 4.79 Å². The first-order chi connectivity index (χ1) is 14.1. The lowest BCUT2D eigenvalue weighted by atomic mass is 9.83. The molecule has 0 saturated carbocycles. The third kappa shape index (κ3) is 4.87. The standard InChI is InChI=1S/C24H31NO5/c1-23(2,3)30-22(26)25-13-11-24(27,12-14-25)18-9-10-20(21(16-18)29-5)17-7-6-8-19(15-17)28-4/h6-10,15-16,27H,11-14H2,1-5H3. The zero-order valence-corrected chi connectivity index (χ0v) is 18.4. The number of benzene rings is 2. The molecule has 0 atom stereocenters. The van der Waals surface area contributed by atoms with Crippen molar-refractivity contribution in [3.63, 3.8) is 0 Å². The lowest BCUT2D eigenvalue weighted by molar-refractivity contribution is -0.0357. The molecule has 1 N–H and O–H groups in total. The number of carbonyl (C=O) groups is 1. The molecule has 30 heavy (non-hydrogen) atoms. The predicted molar refractivity (Wildman–Crippen MR) is 116 cm³/mol. The molecule has 3 rings (SSSR count). The molecule has 2 aromatic rings. The van der Waals surface area contributed by atoms with Gasteiger partial charge in [-0.15, -0.1) is 0 Å². The molecule has 162 valence electrons. The molecule has 0 bridgehead atoms. The largest absolute Gasteiger partial charge is 0.497 e. The second-order valence-electron chi connectivity index (χ2n) is 8.65. The topological polar surface area (TPSA) is 68.2 Å². The Bertz CT molecular complexity index is 895. The highest BCUT2D eigenvalue weighted by Crippen LogP contribution is 2.39. The van der Waals surface area contributed by atoms with Crippen molar-refractivity contribution < 1.29 is 24.1 Å². The van der Waals surface area contributed by atoms with Crippen molar-refractivity contribution in [1.82, 2.24) is 4.90 Å². The van der Waals surface area contributed by atoms with E-state index in [4.69, 9.17) is 14.2 Å². The van der Waals surface area contributed by atoms with Gasteiger partial charge in [0.25, 0.3) is 0 Å². The van der Waals surface area contributed by atoms with Crippen LogP contribution < -0.4 is 9.47 Å². The number of nitrogens with zero attached hydrogens (tertiary/aromatic N) is 1. The van der Waals surface area contributed by atoms with Gasteiger partial charge in [-0.05, 0) is 62.9 Å². The normalized spacial score (nSPS) is 16.1. The molecule has 1 fully saturated rings. The lowest BCUT2D eigenvalue weighted by Crippen LogP contribution is -2.46. The number of hydrogen-bond acceptors (Lipinski definition) is 5. The number of aliphatic hydroxyl groups is 1. The second kappa shape index (κ2) is 8.56. The summed E-state index contributed by atoms with van der Waals surface area (Å²) in [6.45, 7) is 6.42. The molecule has 0 spiro atoms. The summed E-state index contributed by atoms with van der Waals surface area (Å²) in [7, 11) is 3.26. The van der Waals surface area contributed by atoms with Crippen molar-refractivity contribution in [3.05, 3.63) is 48.0 Å². The van der Waals surface area contributed by atoms with E-state index in [0.29, 0.717) is 31.7 Å². The Morgan fingerprint density at radius 1 is 1.03 bits per heavy atom. The summed E-state index contributed by atoms with van der Waals surface area (Å²) < 4.78 is 16.4. The van der Waals surface area contributed by atoms with Crippen LogP contribution in [0.2, 0.25) is 0 Å². The Labute approximate surface area is 178 Å². The summed E-state index contributed by atoms with van der Waals surface area (Å²) in [6.07, 6.45) is 0.539. The van der Waals surface area contributed by atoms with Gasteiger partial charge < -0.3 is 24.2 Å². The molecule has 1 saturated heterocycles. The Kier molecular flexibility index (Phi) is 6.27. The number of methoxy groups -OCH3 is 2. The van der Waals surface area contributed by atoms with E-state index in [-0.39, 0.29) is 6.09 Å². The molecule has 1 heterocycles. The third-order valence-corrected chi connectivity index (χ3v) is 5.36. The van der Waals surface area contributed by atoms with E-state index in [1.165, 1.54) is 0 Å². The van der Waals surface area contributed by atoms with Crippen molar-refractivity contribution in [3.8, 4) is 22.6 Å². The van der Waals surface area contributed by atoms with Crippen LogP contribution in [-0.4, -0.2) is 49.0 Å². The highest BCUT2D eigenvalue weighted by atomic mass is 16.6. The SMILES string of the molecule is COc1cccc(-c2ccc(C3(O)CCN(C(=O)OC(C)(C)C)CC3)cc2OC)c1. The van der Waals surface area contributed by atoms with Gasteiger partial charge in [0.15, 0.2) is 0 Å². The van der Waals surface area contributed by atoms with E-state index in [9.17, 15) is 9.90 Å². The predicted octanol–water partition coefficient (Wildman–Crippen LogP) is 4.59. The molecule has 0 aromatic heterocycles. The fourth-order valence-corrected chi connectivity index (χ4v) is 3.68. The lowest BCUT2D eigenvalue weighted by Gasteiger charge is -2.39. The van der Waals surface area contributed by atoms with E-state index in [1.54, 1.807) is 19.1 Å². The van der Waals surface area contributed by atoms with Crippen LogP contribution in [0, 0.1) is 0 Å². The number of hydrogen-bond donors (Lipinski definition) is 1. The highest BCUT2D eigenvalue weighted by Gasteiger charge is 2.37. The van der Waals surface area contributed by atoms with Gasteiger partial charge in [0.05, 0.1) is 19.8 Å². The molecule has 2 aromatic carbocycles. The molecule has 0 radical (unpaired) electrons. The van der Waals surface area contributed by atoms with Crippen molar-refractivity contribution in [2.75, 3.05) is 27.3 Å². The molecule has 1 aliphatic heterocycles. The zero-order valence-electron chi connectivity index (χ0n) is 18.4. The van der Waals surface area contributed by atoms with Gasteiger partial charge >= 0.3 is 6.09 Å². The second-order valence-corrected chi connectivity index (χ2v) is 8.65. The first-order valence-corrected chi connectivity index (χ1v) is 10.2. The molecular formula is C24H31NO5. The first-order valence-electron chi connectivity index (χ1n) is 10.2. The Balaban J connectivity index is 1.79. The van der Waals surface area contributed by atoms with Gasteiger partial charge in [0.2, 0.25) is 0 Å². The molecule has 6 heteroatoms. The minimum atomic E-state index is -1.02.